The zero-order valence-corrected chi connectivity index (χ0v) is 53.7. The second-order valence-corrected chi connectivity index (χ2v) is 31.7. The predicted molar refractivity (Wildman–Crippen MR) is 317 cm³/mol. The van der Waals surface area contributed by atoms with Crippen molar-refractivity contribution >= 4 is 34.7 Å². The highest BCUT2D eigenvalue weighted by Crippen LogP contribution is 2.75. The van der Waals surface area contributed by atoms with Crippen LogP contribution in [0, 0.1) is 73.9 Å². The highest BCUT2D eigenvalue weighted by atomic mass is 19.2. The van der Waals surface area contributed by atoms with Crippen molar-refractivity contribution in [1.82, 2.24) is 0 Å². The summed E-state index contributed by atoms with van der Waals surface area (Å²) in [6.45, 7) is 14.7. The standard InChI is InChI=1S/C25H34F2O6.C24H32O6.C21H29FO5/c1-4-5-21-32-20-10-14-15-9-17(26)16-8-13(29)6-7-22(16,2)24(15,27)18(30)11-23(14,3)25(20,33-21)19(31)12-28;1-21(2)29-19-10-16-15-6-5-13-9-14(26)7-8-22(13,3)20(15)17(27)11-23(16,4)24(19,30-21)18(28)12-25;1-18-7-5-13(24)9-12(18)3-4-15-14-6-8-20(27,17(26)11-23)19(14,2)10-16(25)21(15,18)22/h8,14-15,17-18,20-21,28,30H,4-7,9-12H2,1-3H3;7-9,15-17,19-20,25,27H,5-6,10-12H2,1-4H3;9,14-16,23,25,27H,3-8,10-11H2,1-2H3/t14-,15-,17-,18-,20+,21+,22-,23-,24-,25+;15-,16-,17-,19+,20+,22-,23-,24+;14-,15-,16-,18-,19-,20-,21-/m000/s1. The van der Waals surface area contributed by atoms with Crippen molar-refractivity contribution in [3.63, 3.8) is 0 Å². The fraction of sp³-hybridized carbons (Fsp3) is 0.800. The molecular formula is C70H95F3O17. The molecule has 11 fully saturated rings. The highest BCUT2D eigenvalue weighted by molar-refractivity contribution is 6.01. The number of allylic oxidation sites excluding steroid dienone is 6. The Kier molecular flexibility index (Phi) is 16.0. The molecule has 0 spiro atoms. The molecule has 12 aliphatic carbocycles. The maximum atomic E-state index is 17.2. The number of halogens is 3. The van der Waals surface area contributed by atoms with Gasteiger partial charge in [0.15, 0.2) is 58.0 Å². The number of ether oxygens (including phenoxy) is 4. The Morgan fingerprint density at radius 2 is 1.20 bits per heavy atom. The number of aliphatic hydroxyl groups is 7. The minimum Gasteiger partial charge on any atom is -0.393 e. The summed E-state index contributed by atoms with van der Waals surface area (Å²) >= 11 is 0. The van der Waals surface area contributed by atoms with Crippen molar-refractivity contribution < 1.29 is 96.6 Å². The van der Waals surface area contributed by atoms with Crippen molar-refractivity contribution in [2.45, 2.75) is 255 Å². The fourth-order valence-electron chi connectivity index (χ4n) is 23.6. The number of Topliss-reactive ketones (excluding diaryl/α,β-unsaturated/α-hetero) is 3. The SMILES string of the molecule is CC1(C)O[C@@H]2C[C@H]3[C@@H]4CCC5=CC(=O)C=C[C@]5(C)[C@H]4[C@@H](O)C[C@]3(C)[C@]2(C(=O)CO)O1.CCC[C@@H]1O[C@@H]2C[C@H]3[C@@H]4C[C@H](F)C5=CC(=O)CC[C@]5(C)[C@@]4(F)[C@@H](O)C[C@]3(C)[C@]2(C(=O)CO)O1.C[C@]12CCC(=O)C=C1CC[C@H]1[C@@H]3CC[C@](O)(C(=O)CO)[C@@]3(C)C[C@H](O)[C@@]12F. The van der Waals surface area contributed by atoms with Gasteiger partial charge in [-0.3, -0.25) is 28.8 Å². The quantitative estimate of drug-likeness (QED) is 0.127. The summed E-state index contributed by atoms with van der Waals surface area (Å²) in [4.78, 5) is 74.6. The smallest absolute Gasteiger partial charge is 0.193 e. The third kappa shape index (κ3) is 8.44. The average molecular weight is 1270 g/mol. The van der Waals surface area contributed by atoms with E-state index in [4.69, 9.17) is 18.9 Å². The number of hydrogen-bond donors (Lipinski definition) is 7. The second kappa shape index (κ2) is 21.7. The fourth-order valence-corrected chi connectivity index (χ4v) is 23.6. The van der Waals surface area contributed by atoms with Crippen molar-refractivity contribution in [2.24, 2.45) is 73.9 Å². The van der Waals surface area contributed by atoms with Crippen molar-refractivity contribution in [3.05, 3.63) is 47.1 Å². The Morgan fingerprint density at radius 3 is 1.86 bits per heavy atom. The average Bonchev–Trinajstić information content (AvgIpc) is 1.49. The highest BCUT2D eigenvalue weighted by Gasteiger charge is 2.82. The van der Waals surface area contributed by atoms with Gasteiger partial charge in [-0.15, -0.1) is 0 Å². The van der Waals surface area contributed by atoms with Gasteiger partial charge < -0.3 is 54.7 Å². The zero-order chi connectivity index (χ0) is 65.5. The van der Waals surface area contributed by atoms with Gasteiger partial charge in [-0.05, 0) is 164 Å². The van der Waals surface area contributed by atoms with Crippen molar-refractivity contribution in [1.29, 1.82) is 0 Å². The minimum absolute atomic E-state index is 0.0167. The number of carbonyl (C=O) groups excluding carboxylic acids is 6. The monoisotopic (exact) mass is 1260 g/mol. The molecule has 2 heterocycles. The summed E-state index contributed by atoms with van der Waals surface area (Å²) in [7, 11) is 0. The molecule has 0 aromatic rings. The molecule has 2 aliphatic heterocycles. The first kappa shape index (κ1) is 66.4. The molecule has 17 nitrogen and oxygen atoms in total. The van der Waals surface area contributed by atoms with E-state index in [1.165, 1.54) is 6.08 Å². The molecule has 0 radical (unpaired) electrons. The Morgan fingerprint density at radius 1 is 0.611 bits per heavy atom. The van der Waals surface area contributed by atoms with E-state index in [0.717, 1.165) is 30.4 Å². The number of ketones is 6. The maximum Gasteiger partial charge on any atom is 0.193 e. The van der Waals surface area contributed by atoms with Crippen molar-refractivity contribution in [3.8, 4) is 0 Å². The molecule has 90 heavy (non-hydrogen) atoms. The van der Waals surface area contributed by atoms with Gasteiger partial charge in [-0.25, -0.2) is 13.2 Å². The topological polar surface area (TPSA) is 281 Å². The molecule has 0 unspecified atom stereocenters. The molecule has 0 amide bonds. The molecule has 0 aromatic heterocycles. The van der Waals surface area contributed by atoms with Gasteiger partial charge in [0, 0.05) is 63.1 Å². The Labute approximate surface area is 525 Å². The molecule has 14 rings (SSSR count). The number of fused-ring (bicyclic) bond motifs is 19. The van der Waals surface area contributed by atoms with Crippen LogP contribution in [0.1, 0.15) is 178 Å². The van der Waals surface area contributed by atoms with Gasteiger partial charge >= 0.3 is 0 Å². The van der Waals surface area contributed by atoms with E-state index in [1.54, 1.807) is 52.8 Å². The van der Waals surface area contributed by atoms with Crippen LogP contribution in [0.4, 0.5) is 13.2 Å². The lowest BCUT2D eigenvalue weighted by Crippen LogP contribution is -2.71. The van der Waals surface area contributed by atoms with Gasteiger partial charge in [0.1, 0.15) is 42.9 Å². The number of alkyl halides is 3. The molecule has 20 heteroatoms. The largest absolute Gasteiger partial charge is 0.393 e. The molecule has 0 aromatic carbocycles. The molecule has 7 N–H and O–H groups in total. The van der Waals surface area contributed by atoms with Crippen LogP contribution in [0.15, 0.2) is 47.1 Å². The summed E-state index contributed by atoms with van der Waals surface area (Å²) in [5.41, 5.74) is -11.6. The second-order valence-electron chi connectivity index (χ2n) is 31.7. The summed E-state index contributed by atoms with van der Waals surface area (Å²) in [5, 5.41) is 74.1. The first-order chi connectivity index (χ1) is 42.0. The zero-order valence-electron chi connectivity index (χ0n) is 53.7. The Bertz CT molecular complexity index is 3160. The van der Waals surface area contributed by atoms with Gasteiger partial charge in [0.05, 0.1) is 30.5 Å². The van der Waals surface area contributed by atoms with Crippen LogP contribution >= 0.6 is 0 Å². The predicted octanol–water partition coefficient (Wildman–Crippen LogP) is 7.18. The van der Waals surface area contributed by atoms with E-state index < -0.39 is 153 Å². The van der Waals surface area contributed by atoms with Crippen LogP contribution in [0.2, 0.25) is 0 Å². The minimum atomic E-state index is -2.14. The maximum absolute atomic E-state index is 17.2. The van der Waals surface area contributed by atoms with Crippen LogP contribution in [0.3, 0.4) is 0 Å². The Balaban J connectivity index is 0.000000131. The van der Waals surface area contributed by atoms with Crippen LogP contribution in [-0.2, 0) is 47.7 Å². The number of rotatable bonds is 8. The molecule has 14 aliphatic rings. The van der Waals surface area contributed by atoms with Gasteiger partial charge in [-0.2, -0.15) is 0 Å². The van der Waals surface area contributed by atoms with E-state index in [0.29, 0.717) is 51.4 Å². The lowest BCUT2D eigenvalue weighted by molar-refractivity contribution is -0.242. The van der Waals surface area contributed by atoms with E-state index in [1.807, 2.05) is 26.8 Å². The van der Waals surface area contributed by atoms with Crippen LogP contribution < -0.4 is 0 Å². The lowest BCUT2D eigenvalue weighted by atomic mass is 9.43. The summed E-state index contributed by atoms with van der Waals surface area (Å²) in [6.07, 6.45) is 8.32. The van der Waals surface area contributed by atoms with Gasteiger partial charge in [-0.1, -0.05) is 72.1 Å². The van der Waals surface area contributed by atoms with E-state index in [-0.39, 0.29) is 103 Å². The lowest BCUT2D eigenvalue weighted by Gasteiger charge is -2.64. The molecule has 25 atom stereocenters. The third-order valence-electron chi connectivity index (χ3n) is 27.7. The first-order valence-electron chi connectivity index (χ1n) is 33.4. The van der Waals surface area contributed by atoms with Crippen molar-refractivity contribution in [2.75, 3.05) is 19.8 Å². The van der Waals surface area contributed by atoms with Crippen LogP contribution in [-0.4, -0.2) is 167 Å². The van der Waals surface area contributed by atoms with E-state index in [9.17, 15) is 64.5 Å². The van der Waals surface area contributed by atoms with Gasteiger partial charge in [0.25, 0.3) is 0 Å². The van der Waals surface area contributed by atoms with Crippen LogP contribution in [0.25, 0.3) is 0 Å². The molecule has 498 valence electrons. The molecule has 2 saturated heterocycles. The number of carbonyl (C=O) groups is 6. The summed E-state index contributed by atoms with van der Waals surface area (Å²) in [5.74, 6) is -4.40. The summed E-state index contributed by atoms with van der Waals surface area (Å²) in [6, 6.07) is 0. The molecule has 9 saturated carbocycles. The van der Waals surface area contributed by atoms with E-state index in [2.05, 4.69) is 6.92 Å². The Hall–Kier alpha value is -3.67. The molecule has 0 bridgehead atoms. The molecular weight excluding hydrogens is 1170 g/mol. The number of aliphatic hydroxyl groups excluding tert-OH is 6. The number of hydrogen-bond acceptors (Lipinski definition) is 17. The normalized spacial score (nSPS) is 52.0. The summed E-state index contributed by atoms with van der Waals surface area (Å²) < 4.78 is 74.5. The first-order valence-corrected chi connectivity index (χ1v) is 33.4. The van der Waals surface area contributed by atoms with Gasteiger partial charge in [0.2, 0.25) is 0 Å². The van der Waals surface area contributed by atoms with Crippen LogP contribution in [0.5, 0.6) is 0 Å². The van der Waals surface area contributed by atoms with E-state index >= 15 is 13.2 Å². The third-order valence-corrected chi connectivity index (χ3v) is 27.7.